The first-order valence-corrected chi connectivity index (χ1v) is 6.56. The van der Waals surface area contributed by atoms with E-state index >= 15 is 0 Å². The molecule has 2 unspecified atom stereocenters. The molecule has 3 heteroatoms. The van der Waals surface area contributed by atoms with Crippen molar-refractivity contribution in [1.29, 1.82) is 0 Å². The van der Waals surface area contributed by atoms with Crippen LogP contribution in [0.4, 0.5) is 0 Å². The Morgan fingerprint density at radius 1 is 1.44 bits per heavy atom. The highest BCUT2D eigenvalue weighted by atomic mass is 16.1. The number of nitrogens with zero attached hydrogens (tertiary/aromatic N) is 2. The van der Waals surface area contributed by atoms with Gasteiger partial charge >= 0.3 is 0 Å². The molecule has 0 radical (unpaired) electrons. The SMILES string of the molecule is CCCC(CC=O)N1CCCCC1N(C)C. The molecule has 0 aliphatic carbocycles. The van der Waals surface area contributed by atoms with Gasteiger partial charge in [-0.3, -0.25) is 9.80 Å². The zero-order valence-electron chi connectivity index (χ0n) is 11.0. The fourth-order valence-electron chi connectivity index (χ4n) is 2.78. The minimum atomic E-state index is 0.454. The summed E-state index contributed by atoms with van der Waals surface area (Å²) in [4.78, 5) is 15.6. The summed E-state index contributed by atoms with van der Waals surface area (Å²) in [6, 6.07) is 0.454. The van der Waals surface area contributed by atoms with Crippen LogP contribution >= 0.6 is 0 Å². The Morgan fingerprint density at radius 2 is 2.19 bits per heavy atom. The van der Waals surface area contributed by atoms with Gasteiger partial charge in [-0.2, -0.15) is 0 Å². The largest absolute Gasteiger partial charge is 0.303 e. The Hall–Kier alpha value is -0.410. The first-order chi connectivity index (χ1) is 7.70. The highest BCUT2D eigenvalue weighted by Crippen LogP contribution is 2.24. The van der Waals surface area contributed by atoms with Crippen molar-refractivity contribution in [2.24, 2.45) is 0 Å². The van der Waals surface area contributed by atoms with E-state index in [4.69, 9.17) is 0 Å². The van der Waals surface area contributed by atoms with Crippen LogP contribution in [0.5, 0.6) is 0 Å². The molecule has 0 aromatic carbocycles. The number of rotatable bonds is 6. The summed E-state index contributed by atoms with van der Waals surface area (Å²) in [5.41, 5.74) is 0. The lowest BCUT2D eigenvalue weighted by Gasteiger charge is -2.43. The van der Waals surface area contributed by atoms with Crippen LogP contribution in [0.15, 0.2) is 0 Å². The van der Waals surface area contributed by atoms with E-state index in [0.717, 1.165) is 25.7 Å². The normalized spacial score (nSPS) is 24.6. The predicted molar refractivity (Wildman–Crippen MR) is 67.4 cm³/mol. The summed E-state index contributed by atoms with van der Waals surface area (Å²) in [5.74, 6) is 0. The second-order valence-electron chi connectivity index (χ2n) is 5.02. The Morgan fingerprint density at radius 3 is 2.75 bits per heavy atom. The topological polar surface area (TPSA) is 23.6 Å². The maximum absolute atomic E-state index is 10.8. The van der Waals surface area contributed by atoms with E-state index in [1.54, 1.807) is 0 Å². The molecule has 1 aliphatic heterocycles. The first-order valence-electron chi connectivity index (χ1n) is 6.56. The molecule has 2 atom stereocenters. The number of carbonyl (C=O) groups excluding carboxylic acids is 1. The van der Waals surface area contributed by atoms with Gasteiger partial charge in [-0.1, -0.05) is 13.3 Å². The van der Waals surface area contributed by atoms with Crippen molar-refractivity contribution in [2.75, 3.05) is 20.6 Å². The molecule has 94 valence electrons. The fraction of sp³-hybridized carbons (Fsp3) is 0.923. The van der Waals surface area contributed by atoms with Crippen LogP contribution in [0, 0.1) is 0 Å². The van der Waals surface area contributed by atoms with E-state index in [1.807, 2.05) is 0 Å². The average Bonchev–Trinajstić information content (AvgIpc) is 2.29. The van der Waals surface area contributed by atoms with Gasteiger partial charge < -0.3 is 4.79 Å². The lowest BCUT2D eigenvalue weighted by atomic mass is 10.00. The van der Waals surface area contributed by atoms with Crippen LogP contribution in [-0.4, -0.2) is 48.9 Å². The summed E-state index contributed by atoms with van der Waals surface area (Å²) in [5, 5.41) is 0. The predicted octanol–water partition coefficient (Wildman–Crippen LogP) is 2.12. The second-order valence-corrected chi connectivity index (χ2v) is 5.02. The summed E-state index contributed by atoms with van der Waals surface area (Å²) >= 11 is 0. The van der Waals surface area contributed by atoms with Crippen molar-refractivity contribution < 1.29 is 4.79 Å². The lowest BCUT2D eigenvalue weighted by molar-refractivity contribution is -0.110. The molecule has 0 bridgehead atoms. The molecule has 0 spiro atoms. The number of piperidine rings is 1. The van der Waals surface area contributed by atoms with E-state index in [9.17, 15) is 4.79 Å². The highest BCUT2D eigenvalue weighted by molar-refractivity contribution is 5.50. The van der Waals surface area contributed by atoms with Crippen LogP contribution in [0.1, 0.15) is 45.4 Å². The molecule has 1 fully saturated rings. The monoisotopic (exact) mass is 226 g/mol. The van der Waals surface area contributed by atoms with Crippen LogP contribution in [0.2, 0.25) is 0 Å². The average molecular weight is 226 g/mol. The smallest absolute Gasteiger partial charge is 0.121 e. The van der Waals surface area contributed by atoms with E-state index in [-0.39, 0.29) is 0 Å². The zero-order valence-corrected chi connectivity index (χ0v) is 11.0. The van der Waals surface area contributed by atoms with Crippen molar-refractivity contribution in [2.45, 2.75) is 57.7 Å². The van der Waals surface area contributed by atoms with E-state index < -0.39 is 0 Å². The quantitative estimate of drug-likeness (QED) is 0.648. The Bertz CT molecular complexity index is 206. The number of likely N-dealkylation sites (tertiary alicyclic amines) is 1. The second kappa shape index (κ2) is 7.02. The molecule has 1 heterocycles. The van der Waals surface area contributed by atoms with Gasteiger partial charge in [-0.15, -0.1) is 0 Å². The molecule has 1 saturated heterocycles. The molecule has 1 aliphatic rings. The van der Waals surface area contributed by atoms with Gasteiger partial charge in [-0.25, -0.2) is 0 Å². The van der Waals surface area contributed by atoms with Crippen molar-refractivity contribution >= 4 is 6.29 Å². The van der Waals surface area contributed by atoms with Gasteiger partial charge in [0.05, 0.1) is 6.17 Å². The van der Waals surface area contributed by atoms with Gasteiger partial charge in [0.2, 0.25) is 0 Å². The van der Waals surface area contributed by atoms with Crippen LogP contribution in [-0.2, 0) is 4.79 Å². The van der Waals surface area contributed by atoms with Crippen LogP contribution in [0.25, 0.3) is 0 Å². The molecule has 0 aromatic rings. The Kier molecular flexibility index (Phi) is 5.99. The Balaban J connectivity index is 2.65. The molecule has 1 rings (SSSR count). The summed E-state index contributed by atoms with van der Waals surface area (Å²) < 4.78 is 0. The molecule has 0 aromatic heterocycles. The molecule has 0 saturated carbocycles. The number of hydrogen-bond donors (Lipinski definition) is 0. The Labute approximate surface area is 99.8 Å². The van der Waals surface area contributed by atoms with Crippen LogP contribution < -0.4 is 0 Å². The standard InChI is InChI=1S/C13H26N2O/c1-4-7-12(9-11-16)15-10-6-5-8-13(15)14(2)3/h11-13H,4-10H2,1-3H3. The molecule has 16 heavy (non-hydrogen) atoms. The number of hydrogen-bond acceptors (Lipinski definition) is 3. The molecule has 3 nitrogen and oxygen atoms in total. The van der Waals surface area contributed by atoms with Crippen molar-refractivity contribution in [3.63, 3.8) is 0 Å². The zero-order chi connectivity index (χ0) is 12.0. The first kappa shape index (κ1) is 13.7. The van der Waals surface area contributed by atoms with E-state index in [1.165, 1.54) is 19.3 Å². The third-order valence-corrected chi connectivity index (χ3v) is 3.57. The minimum Gasteiger partial charge on any atom is -0.303 e. The minimum absolute atomic E-state index is 0.454. The third-order valence-electron chi connectivity index (χ3n) is 3.57. The van der Waals surface area contributed by atoms with E-state index in [0.29, 0.717) is 18.6 Å². The molecular weight excluding hydrogens is 200 g/mol. The van der Waals surface area contributed by atoms with Gasteiger partial charge in [0.1, 0.15) is 6.29 Å². The van der Waals surface area contributed by atoms with Crippen molar-refractivity contribution in [3.8, 4) is 0 Å². The molecule has 0 amide bonds. The maximum Gasteiger partial charge on any atom is 0.121 e. The molecule has 0 N–H and O–H groups in total. The van der Waals surface area contributed by atoms with Crippen molar-refractivity contribution in [1.82, 2.24) is 9.80 Å². The van der Waals surface area contributed by atoms with Crippen molar-refractivity contribution in [3.05, 3.63) is 0 Å². The summed E-state index contributed by atoms with van der Waals surface area (Å²) in [6.07, 6.45) is 8.46. The van der Waals surface area contributed by atoms with Gasteiger partial charge in [0.15, 0.2) is 0 Å². The maximum atomic E-state index is 10.8. The lowest BCUT2D eigenvalue weighted by Crippen LogP contribution is -2.52. The molecular formula is C13H26N2O. The summed E-state index contributed by atoms with van der Waals surface area (Å²) in [6.45, 7) is 3.35. The number of aldehydes is 1. The van der Waals surface area contributed by atoms with E-state index in [2.05, 4.69) is 30.8 Å². The summed E-state index contributed by atoms with van der Waals surface area (Å²) in [7, 11) is 4.29. The van der Waals surface area contributed by atoms with Gasteiger partial charge in [0.25, 0.3) is 0 Å². The number of carbonyl (C=O) groups is 1. The fourth-order valence-corrected chi connectivity index (χ4v) is 2.78. The van der Waals surface area contributed by atoms with Gasteiger partial charge in [-0.05, 0) is 46.3 Å². The van der Waals surface area contributed by atoms with Gasteiger partial charge in [0, 0.05) is 12.5 Å². The van der Waals surface area contributed by atoms with Crippen LogP contribution in [0.3, 0.4) is 0 Å². The third kappa shape index (κ3) is 3.56. The highest BCUT2D eigenvalue weighted by Gasteiger charge is 2.29.